The zero-order valence-electron chi connectivity index (χ0n) is 13.4. The minimum Gasteiger partial charge on any atom is -0.491 e. The number of H-pyrrole nitrogens is 1. The van der Waals surface area contributed by atoms with E-state index in [-0.39, 0.29) is 5.91 Å². The minimum atomic E-state index is -0.0908. The quantitative estimate of drug-likeness (QED) is 0.855. The third-order valence-electron chi connectivity index (χ3n) is 3.49. The van der Waals surface area contributed by atoms with Gasteiger partial charge in [0.25, 0.3) is 5.91 Å². The Bertz CT molecular complexity index is 622. The van der Waals surface area contributed by atoms with Crippen molar-refractivity contribution in [2.75, 3.05) is 20.2 Å². The van der Waals surface area contributed by atoms with Crippen molar-refractivity contribution in [3.8, 4) is 5.75 Å². The lowest BCUT2D eigenvalue weighted by Crippen LogP contribution is -2.31. The van der Waals surface area contributed by atoms with E-state index in [1.54, 1.807) is 11.9 Å². The summed E-state index contributed by atoms with van der Waals surface area (Å²) in [5.41, 5.74) is 2.55. The third-order valence-corrected chi connectivity index (χ3v) is 3.49. The van der Waals surface area contributed by atoms with Gasteiger partial charge < -0.3 is 9.64 Å². The van der Waals surface area contributed by atoms with Crippen LogP contribution in [0.2, 0.25) is 0 Å². The molecule has 1 amide bonds. The number of rotatable bonds is 7. The molecular weight excluding hydrogens is 278 g/mol. The van der Waals surface area contributed by atoms with E-state index in [0.29, 0.717) is 18.8 Å². The van der Waals surface area contributed by atoms with Crippen LogP contribution in [0.5, 0.6) is 5.75 Å². The summed E-state index contributed by atoms with van der Waals surface area (Å²) in [4.78, 5) is 13.9. The molecule has 1 aromatic heterocycles. The molecule has 2 rings (SSSR count). The number of amides is 1. The lowest BCUT2D eigenvalue weighted by Gasteiger charge is -2.16. The average Bonchev–Trinajstić information content (AvgIpc) is 2.97. The Hall–Kier alpha value is -2.30. The summed E-state index contributed by atoms with van der Waals surface area (Å²) in [7, 11) is 1.76. The topological polar surface area (TPSA) is 58.2 Å². The van der Waals surface area contributed by atoms with Crippen molar-refractivity contribution < 1.29 is 9.53 Å². The molecule has 5 heteroatoms. The fraction of sp³-hybridized carbons (Fsp3) is 0.412. The lowest BCUT2D eigenvalue weighted by atomic mass is 10.2. The van der Waals surface area contributed by atoms with Crippen molar-refractivity contribution >= 4 is 5.91 Å². The first kappa shape index (κ1) is 16.1. The number of nitrogens with zero attached hydrogens (tertiary/aromatic N) is 2. The van der Waals surface area contributed by atoms with Gasteiger partial charge in [0.15, 0.2) is 0 Å². The maximum absolute atomic E-state index is 12.3. The van der Waals surface area contributed by atoms with Gasteiger partial charge in [-0.1, -0.05) is 31.5 Å². The second-order valence-corrected chi connectivity index (χ2v) is 5.37. The van der Waals surface area contributed by atoms with Gasteiger partial charge >= 0.3 is 0 Å². The molecule has 0 fully saturated rings. The molecule has 1 N–H and O–H groups in total. The molecule has 0 saturated carbocycles. The van der Waals surface area contributed by atoms with E-state index in [0.717, 1.165) is 29.8 Å². The number of likely N-dealkylation sites (N-methyl/N-ethyl adjacent to an activating group) is 1. The number of carbonyl (C=O) groups excluding carboxylic acids is 1. The van der Waals surface area contributed by atoms with Gasteiger partial charge in [0.05, 0.1) is 6.54 Å². The third kappa shape index (κ3) is 4.10. The number of hydrogen-bond acceptors (Lipinski definition) is 3. The number of benzene rings is 1. The Morgan fingerprint density at radius 1 is 1.36 bits per heavy atom. The van der Waals surface area contributed by atoms with Crippen LogP contribution in [0.15, 0.2) is 30.3 Å². The Kier molecular flexibility index (Phi) is 5.58. The molecule has 5 nitrogen and oxygen atoms in total. The Morgan fingerprint density at radius 2 is 2.14 bits per heavy atom. The molecule has 0 radical (unpaired) electrons. The molecule has 118 valence electrons. The van der Waals surface area contributed by atoms with Crippen molar-refractivity contribution in [1.29, 1.82) is 0 Å². The van der Waals surface area contributed by atoms with E-state index >= 15 is 0 Å². The van der Waals surface area contributed by atoms with Crippen LogP contribution in [0.25, 0.3) is 0 Å². The molecule has 0 spiro atoms. The standard InChI is InChI=1S/C17H23N3O2/c1-4-7-14-12-15(19-18-14)17(21)20(3)10-11-22-16-9-6-5-8-13(16)2/h5-6,8-9,12H,4,7,10-11H2,1-3H3,(H,18,19). The summed E-state index contributed by atoms with van der Waals surface area (Å²) in [6, 6.07) is 9.68. The summed E-state index contributed by atoms with van der Waals surface area (Å²) < 4.78 is 5.72. The fourth-order valence-corrected chi connectivity index (χ4v) is 2.18. The highest BCUT2D eigenvalue weighted by Gasteiger charge is 2.15. The van der Waals surface area contributed by atoms with Gasteiger partial charge in [-0.15, -0.1) is 0 Å². The number of hydrogen-bond donors (Lipinski definition) is 1. The van der Waals surface area contributed by atoms with Gasteiger partial charge in [0, 0.05) is 12.7 Å². The molecule has 0 atom stereocenters. The average molecular weight is 301 g/mol. The summed E-state index contributed by atoms with van der Waals surface area (Å²) in [6.07, 6.45) is 1.93. The molecule has 2 aromatic rings. The highest BCUT2D eigenvalue weighted by atomic mass is 16.5. The van der Waals surface area contributed by atoms with Gasteiger partial charge in [0.1, 0.15) is 18.1 Å². The van der Waals surface area contributed by atoms with Gasteiger partial charge in [-0.3, -0.25) is 9.89 Å². The van der Waals surface area contributed by atoms with Crippen LogP contribution >= 0.6 is 0 Å². The van der Waals surface area contributed by atoms with Crippen LogP contribution in [0.1, 0.15) is 35.1 Å². The maximum atomic E-state index is 12.3. The first-order chi connectivity index (χ1) is 10.6. The Balaban J connectivity index is 1.84. The van der Waals surface area contributed by atoms with E-state index in [1.807, 2.05) is 37.3 Å². The predicted molar refractivity (Wildman–Crippen MR) is 86.2 cm³/mol. The van der Waals surface area contributed by atoms with E-state index < -0.39 is 0 Å². The van der Waals surface area contributed by atoms with Crippen LogP contribution < -0.4 is 4.74 Å². The second kappa shape index (κ2) is 7.64. The van der Waals surface area contributed by atoms with Crippen LogP contribution in [0.4, 0.5) is 0 Å². The number of aryl methyl sites for hydroxylation is 2. The van der Waals surface area contributed by atoms with Crippen molar-refractivity contribution in [1.82, 2.24) is 15.1 Å². The highest BCUT2D eigenvalue weighted by Crippen LogP contribution is 2.16. The summed E-state index contributed by atoms with van der Waals surface area (Å²) in [5, 5.41) is 6.98. The minimum absolute atomic E-state index is 0.0908. The molecule has 0 aliphatic rings. The van der Waals surface area contributed by atoms with E-state index in [9.17, 15) is 4.79 Å². The number of ether oxygens (including phenoxy) is 1. The maximum Gasteiger partial charge on any atom is 0.274 e. The van der Waals surface area contributed by atoms with Crippen molar-refractivity contribution in [2.45, 2.75) is 26.7 Å². The normalized spacial score (nSPS) is 10.5. The second-order valence-electron chi connectivity index (χ2n) is 5.37. The number of nitrogens with one attached hydrogen (secondary N) is 1. The zero-order valence-corrected chi connectivity index (χ0v) is 13.4. The molecule has 0 bridgehead atoms. The first-order valence-electron chi connectivity index (χ1n) is 7.60. The molecule has 22 heavy (non-hydrogen) atoms. The Morgan fingerprint density at radius 3 is 2.86 bits per heavy atom. The van der Waals surface area contributed by atoms with Crippen molar-refractivity contribution in [3.05, 3.63) is 47.3 Å². The molecule has 1 heterocycles. The molecule has 0 aliphatic heterocycles. The van der Waals surface area contributed by atoms with E-state index in [2.05, 4.69) is 17.1 Å². The molecule has 0 saturated heterocycles. The largest absolute Gasteiger partial charge is 0.491 e. The smallest absolute Gasteiger partial charge is 0.274 e. The summed E-state index contributed by atoms with van der Waals surface area (Å²) >= 11 is 0. The molecule has 1 aromatic carbocycles. The molecular formula is C17H23N3O2. The molecule has 0 unspecified atom stereocenters. The van der Waals surface area contributed by atoms with Crippen LogP contribution in [-0.4, -0.2) is 41.2 Å². The zero-order chi connectivity index (χ0) is 15.9. The lowest BCUT2D eigenvalue weighted by molar-refractivity contribution is 0.0768. The number of aromatic amines is 1. The van der Waals surface area contributed by atoms with Crippen molar-refractivity contribution in [3.63, 3.8) is 0 Å². The predicted octanol–water partition coefficient (Wildman–Crippen LogP) is 2.82. The number of carbonyl (C=O) groups is 1. The molecule has 0 aliphatic carbocycles. The van der Waals surface area contributed by atoms with Gasteiger partial charge in [-0.2, -0.15) is 5.10 Å². The summed E-state index contributed by atoms with van der Waals surface area (Å²) in [6.45, 7) is 5.07. The first-order valence-corrected chi connectivity index (χ1v) is 7.60. The number of para-hydroxylation sites is 1. The van der Waals surface area contributed by atoms with Crippen LogP contribution in [0.3, 0.4) is 0 Å². The van der Waals surface area contributed by atoms with Gasteiger partial charge in [0.2, 0.25) is 0 Å². The highest BCUT2D eigenvalue weighted by molar-refractivity contribution is 5.92. The van der Waals surface area contributed by atoms with E-state index in [4.69, 9.17) is 4.74 Å². The Labute approximate surface area is 131 Å². The summed E-state index contributed by atoms with van der Waals surface area (Å²) in [5.74, 6) is 0.764. The number of aromatic nitrogens is 2. The van der Waals surface area contributed by atoms with Gasteiger partial charge in [-0.05, 0) is 31.0 Å². The fourth-order valence-electron chi connectivity index (χ4n) is 2.18. The monoisotopic (exact) mass is 301 g/mol. The van der Waals surface area contributed by atoms with Gasteiger partial charge in [-0.25, -0.2) is 0 Å². The van der Waals surface area contributed by atoms with E-state index in [1.165, 1.54) is 0 Å². The SMILES string of the molecule is CCCc1cc(C(=O)N(C)CCOc2ccccc2C)n[nH]1. The van der Waals surface area contributed by atoms with Crippen LogP contribution in [0, 0.1) is 6.92 Å². The van der Waals surface area contributed by atoms with Crippen molar-refractivity contribution in [2.24, 2.45) is 0 Å². The van der Waals surface area contributed by atoms with Crippen LogP contribution in [-0.2, 0) is 6.42 Å².